The lowest BCUT2D eigenvalue weighted by Gasteiger charge is -2.21. The van der Waals surface area contributed by atoms with Crippen molar-refractivity contribution in [2.75, 3.05) is 0 Å². The zero-order valence-electron chi connectivity index (χ0n) is 10.7. The standard InChI is InChI=1S/C13H19N3O2/c1-13(2,15)6-5-9(14)8-3-4-10-11(7-8)18-12(17)16-10/h3-4,7,9H,5-6,14-15H2,1-2H3,(H,16,17). The first kappa shape index (κ1) is 12.9. The van der Waals surface area contributed by atoms with Crippen LogP contribution in [0.3, 0.4) is 0 Å². The summed E-state index contributed by atoms with van der Waals surface area (Å²) in [5, 5.41) is 0. The lowest BCUT2D eigenvalue weighted by Crippen LogP contribution is -2.32. The smallest absolute Gasteiger partial charge is 0.408 e. The second kappa shape index (κ2) is 4.59. The number of oxazole rings is 1. The normalized spacial score (nSPS) is 14.0. The Balaban J connectivity index is 2.17. The second-order valence-corrected chi connectivity index (χ2v) is 5.40. The van der Waals surface area contributed by atoms with Crippen molar-refractivity contribution in [3.8, 4) is 0 Å². The van der Waals surface area contributed by atoms with Gasteiger partial charge in [-0.15, -0.1) is 0 Å². The summed E-state index contributed by atoms with van der Waals surface area (Å²) in [6.45, 7) is 3.96. The Morgan fingerprint density at radius 2 is 2.17 bits per heavy atom. The summed E-state index contributed by atoms with van der Waals surface area (Å²) < 4.78 is 5.01. The van der Waals surface area contributed by atoms with Crippen molar-refractivity contribution in [1.82, 2.24) is 4.98 Å². The number of fused-ring (bicyclic) bond motifs is 1. The van der Waals surface area contributed by atoms with Gasteiger partial charge in [-0.05, 0) is 44.4 Å². The van der Waals surface area contributed by atoms with Crippen molar-refractivity contribution >= 4 is 11.1 Å². The summed E-state index contributed by atoms with van der Waals surface area (Å²) >= 11 is 0. The number of hydrogen-bond acceptors (Lipinski definition) is 4. The molecule has 98 valence electrons. The third kappa shape index (κ3) is 3.00. The Kier molecular flexibility index (Phi) is 3.28. The first-order valence-electron chi connectivity index (χ1n) is 6.02. The van der Waals surface area contributed by atoms with E-state index in [0.717, 1.165) is 18.4 Å². The quantitative estimate of drug-likeness (QED) is 0.767. The number of aromatic nitrogens is 1. The highest BCUT2D eigenvalue weighted by atomic mass is 16.4. The van der Waals surface area contributed by atoms with Crippen LogP contribution in [0.15, 0.2) is 27.4 Å². The Hall–Kier alpha value is -1.59. The van der Waals surface area contributed by atoms with Crippen molar-refractivity contribution < 1.29 is 4.42 Å². The summed E-state index contributed by atoms with van der Waals surface area (Å²) in [6.07, 6.45) is 1.63. The molecule has 0 saturated heterocycles. The number of nitrogens with two attached hydrogens (primary N) is 2. The maximum atomic E-state index is 11.1. The molecule has 1 aromatic carbocycles. The maximum absolute atomic E-state index is 11.1. The molecule has 0 radical (unpaired) electrons. The number of rotatable bonds is 4. The van der Waals surface area contributed by atoms with Gasteiger partial charge in [0.1, 0.15) is 0 Å². The van der Waals surface area contributed by atoms with Gasteiger partial charge in [-0.1, -0.05) is 6.07 Å². The highest BCUT2D eigenvalue weighted by Gasteiger charge is 2.15. The van der Waals surface area contributed by atoms with E-state index in [9.17, 15) is 4.79 Å². The SMILES string of the molecule is CC(C)(N)CCC(N)c1ccc2[nH]c(=O)oc2c1. The van der Waals surface area contributed by atoms with Crippen LogP contribution in [0.5, 0.6) is 0 Å². The van der Waals surface area contributed by atoms with Gasteiger partial charge in [0.05, 0.1) is 5.52 Å². The van der Waals surface area contributed by atoms with E-state index < -0.39 is 5.76 Å². The molecule has 0 bridgehead atoms. The Labute approximate surface area is 105 Å². The number of hydrogen-bond donors (Lipinski definition) is 3. The topological polar surface area (TPSA) is 98.0 Å². The molecule has 1 aromatic heterocycles. The van der Waals surface area contributed by atoms with Gasteiger partial charge in [-0.3, -0.25) is 4.98 Å². The summed E-state index contributed by atoms with van der Waals surface area (Å²) in [5.74, 6) is -0.446. The van der Waals surface area contributed by atoms with E-state index >= 15 is 0 Å². The lowest BCUT2D eigenvalue weighted by molar-refractivity contribution is 0.433. The van der Waals surface area contributed by atoms with E-state index in [1.807, 2.05) is 26.0 Å². The minimum Gasteiger partial charge on any atom is -0.408 e. The molecule has 2 aromatic rings. The minimum atomic E-state index is -0.446. The summed E-state index contributed by atoms with van der Waals surface area (Å²) in [7, 11) is 0. The molecule has 0 aliphatic heterocycles. The zero-order chi connectivity index (χ0) is 13.3. The van der Waals surface area contributed by atoms with Crippen molar-refractivity contribution in [2.45, 2.75) is 38.3 Å². The van der Waals surface area contributed by atoms with Crippen LogP contribution in [0.2, 0.25) is 0 Å². The fourth-order valence-electron chi connectivity index (χ4n) is 1.89. The number of nitrogens with one attached hydrogen (secondary N) is 1. The highest BCUT2D eigenvalue weighted by Crippen LogP contribution is 2.22. The summed E-state index contributed by atoms with van der Waals surface area (Å²) in [6, 6.07) is 5.42. The molecule has 0 spiro atoms. The number of benzene rings is 1. The van der Waals surface area contributed by atoms with Crippen LogP contribution in [-0.4, -0.2) is 10.5 Å². The summed E-state index contributed by atoms with van der Waals surface area (Å²) in [4.78, 5) is 13.7. The van der Waals surface area contributed by atoms with Gasteiger partial charge in [-0.2, -0.15) is 0 Å². The molecule has 18 heavy (non-hydrogen) atoms. The van der Waals surface area contributed by atoms with Crippen molar-refractivity contribution in [3.63, 3.8) is 0 Å². The van der Waals surface area contributed by atoms with Crippen LogP contribution in [0.4, 0.5) is 0 Å². The van der Waals surface area contributed by atoms with Gasteiger partial charge in [0.15, 0.2) is 5.58 Å². The van der Waals surface area contributed by atoms with E-state index in [1.165, 1.54) is 0 Å². The van der Waals surface area contributed by atoms with E-state index in [-0.39, 0.29) is 11.6 Å². The van der Waals surface area contributed by atoms with E-state index in [0.29, 0.717) is 11.1 Å². The van der Waals surface area contributed by atoms with E-state index in [2.05, 4.69) is 4.98 Å². The van der Waals surface area contributed by atoms with Gasteiger partial charge in [0.25, 0.3) is 0 Å². The van der Waals surface area contributed by atoms with Crippen LogP contribution in [-0.2, 0) is 0 Å². The number of aromatic amines is 1. The van der Waals surface area contributed by atoms with E-state index in [1.54, 1.807) is 6.07 Å². The van der Waals surface area contributed by atoms with Crippen LogP contribution < -0.4 is 17.2 Å². The van der Waals surface area contributed by atoms with Crippen LogP contribution >= 0.6 is 0 Å². The monoisotopic (exact) mass is 249 g/mol. The molecule has 1 unspecified atom stereocenters. The van der Waals surface area contributed by atoms with Crippen LogP contribution in [0.1, 0.15) is 38.3 Å². The second-order valence-electron chi connectivity index (χ2n) is 5.40. The average Bonchev–Trinajstić information content (AvgIpc) is 2.63. The highest BCUT2D eigenvalue weighted by molar-refractivity contribution is 5.72. The predicted octanol–water partition coefficient (Wildman–Crippen LogP) is 1.64. The molecule has 5 heteroatoms. The molecule has 1 heterocycles. The fourth-order valence-corrected chi connectivity index (χ4v) is 1.89. The molecule has 2 rings (SSSR count). The van der Waals surface area contributed by atoms with Gasteiger partial charge in [0, 0.05) is 11.6 Å². The third-order valence-corrected chi connectivity index (χ3v) is 2.97. The first-order valence-corrected chi connectivity index (χ1v) is 6.02. The third-order valence-electron chi connectivity index (χ3n) is 2.97. The zero-order valence-corrected chi connectivity index (χ0v) is 10.7. The fraction of sp³-hybridized carbons (Fsp3) is 0.462. The molecular weight excluding hydrogens is 230 g/mol. The maximum Gasteiger partial charge on any atom is 0.417 e. The molecule has 0 fully saturated rings. The molecular formula is C13H19N3O2. The van der Waals surface area contributed by atoms with Crippen molar-refractivity contribution in [3.05, 3.63) is 34.3 Å². The minimum absolute atomic E-state index is 0.0996. The Bertz CT molecular complexity index is 592. The van der Waals surface area contributed by atoms with Gasteiger partial charge in [-0.25, -0.2) is 4.79 Å². The lowest BCUT2D eigenvalue weighted by atomic mass is 9.94. The summed E-state index contributed by atoms with van der Waals surface area (Å²) in [5.41, 5.74) is 14.0. The Morgan fingerprint density at radius 1 is 1.44 bits per heavy atom. The van der Waals surface area contributed by atoms with Gasteiger partial charge >= 0.3 is 5.76 Å². The largest absolute Gasteiger partial charge is 0.417 e. The molecule has 1 atom stereocenters. The van der Waals surface area contributed by atoms with Crippen molar-refractivity contribution in [1.29, 1.82) is 0 Å². The molecule has 5 nitrogen and oxygen atoms in total. The molecule has 0 saturated carbocycles. The molecule has 0 amide bonds. The van der Waals surface area contributed by atoms with E-state index in [4.69, 9.17) is 15.9 Å². The average molecular weight is 249 g/mol. The molecule has 5 N–H and O–H groups in total. The van der Waals surface area contributed by atoms with Crippen LogP contribution in [0, 0.1) is 0 Å². The Morgan fingerprint density at radius 3 is 2.83 bits per heavy atom. The molecule has 0 aliphatic carbocycles. The van der Waals surface area contributed by atoms with Crippen LogP contribution in [0.25, 0.3) is 11.1 Å². The van der Waals surface area contributed by atoms with Gasteiger partial charge < -0.3 is 15.9 Å². The number of H-pyrrole nitrogens is 1. The van der Waals surface area contributed by atoms with Crippen molar-refractivity contribution in [2.24, 2.45) is 11.5 Å². The predicted molar refractivity (Wildman–Crippen MR) is 71.3 cm³/mol. The first-order chi connectivity index (χ1) is 8.35. The van der Waals surface area contributed by atoms with Gasteiger partial charge in [0.2, 0.25) is 0 Å². The molecule has 0 aliphatic rings.